The number of fused-ring (bicyclic) bond motifs is 1. The first-order chi connectivity index (χ1) is 11.2. The van der Waals surface area contributed by atoms with Gasteiger partial charge in [0.1, 0.15) is 24.6 Å². The number of phosphoric ester groups is 1. The van der Waals surface area contributed by atoms with E-state index in [-0.39, 0.29) is 22.9 Å². The van der Waals surface area contributed by atoms with Crippen LogP contribution < -0.4 is 11.5 Å². The quantitative estimate of drug-likeness (QED) is 0.317. The largest absolute Gasteiger partial charge is 0.469 e. The Bertz CT molecular complexity index is 808. The van der Waals surface area contributed by atoms with E-state index in [0.29, 0.717) is 0 Å². The lowest BCUT2D eigenvalue weighted by Crippen LogP contribution is -2.33. The highest BCUT2D eigenvalue weighted by molar-refractivity contribution is 7.46. The van der Waals surface area contributed by atoms with E-state index in [1.807, 2.05) is 0 Å². The highest BCUT2D eigenvalue weighted by atomic mass is 32.2. The molecule has 0 spiro atoms. The maximum Gasteiger partial charge on any atom is 0.469 e. The number of aliphatic hydroxyl groups excluding tert-OH is 2. The standard InChI is InChI=1S/C10H15N6O7P/c11-7-4-8(14-2-13-7)16(10(12)15-4)9-6(18)5(17)3(23-9)1-22-24(19,20)21/h2-3,5-6,9,17-18H,1H2,(H2,12,15)(H2,11,13,14)(H2,19,20,21)/t3-,5-,6-,9-/m1/s1/i24+1. The van der Waals surface area contributed by atoms with Crippen molar-refractivity contribution in [2.45, 2.75) is 24.5 Å². The zero-order valence-corrected chi connectivity index (χ0v) is 12.9. The summed E-state index contributed by atoms with van der Waals surface area (Å²) in [6.07, 6.45) is -4.18. The molecular weight excluding hydrogens is 348 g/mol. The molecule has 1 saturated heterocycles. The second-order valence-corrected chi connectivity index (χ2v) is 6.34. The summed E-state index contributed by atoms with van der Waals surface area (Å²) < 4.78 is 21.7. The predicted octanol–water partition coefficient (Wildman–Crippen LogP) is -2.28. The third-order valence-electron chi connectivity index (χ3n) is 3.53. The molecule has 0 radical (unpaired) electrons. The summed E-state index contributed by atoms with van der Waals surface area (Å²) in [7, 11) is -4.75. The van der Waals surface area contributed by atoms with E-state index >= 15 is 0 Å². The molecule has 4 atom stereocenters. The Balaban J connectivity index is 1.92. The normalized spacial score (nSPS) is 27.8. The topological polar surface area (TPSA) is 212 Å². The number of rotatable bonds is 4. The number of nitrogen functional groups attached to an aromatic ring is 2. The Morgan fingerprint density at radius 2 is 2.00 bits per heavy atom. The van der Waals surface area contributed by atoms with Crippen LogP contribution in [-0.2, 0) is 13.8 Å². The second kappa shape index (κ2) is 5.89. The first-order valence-electron chi connectivity index (χ1n) is 6.64. The van der Waals surface area contributed by atoms with Crippen molar-refractivity contribution in [2.24, 2.45) is 0 Å². The zero-order valence-electron chi connectivity index (χ0n) is 12.0. The number of nitrogens with two attached hydrogens (primary N) is 2. The summed E-state index contributed by atoms with van der Waals surface area (Å²) in [5, 5.41) is 20.2. The Kier molecular flexibility index (Phi) is 4.17. The van der Waals surface area contributed by atoms with Crippen molar-refractivity contribution < 1.29 is 33.8 Å². The van der Waals surface area contributed by atoms with E-state index < -0.39 is 39.0 Å². The smallest absolute Gasteiger partial charge is 0.387 e. The first-order valence-corrected chi connectivity index (χ1v) is 8.17. The molecule has 0 amide bonds. The molecule has 2 aromatic rings. The van der Waals surface area contributed by atoms with Gasteiger partial charge in [-0.25, -0.2) is 19.5 Å². The second-order valence-electron chi connectivity index (χ2n) is 5.10. The Hall–Kier alpha value is -1.86. The van der Waals surface area contributed by atoms with Crippen LogP contribution in [-0.4, -0.2) is 64.4 Å². The molecule has 1 fully saturated rings. The Labute approximate surface area is 134 Å². The predicted molar refractivity (Wildman–Crippen MR) is 78.1 cm³/mol. The number of imidazole rings is 1. The maximum atomic E-state index is 10.8. The minimum Gasteiger partial charge on any atom is -0.387 e. The lowest BCUT2D eigenvalue weighted by molar-refractivity contribution is -0.0493. The fourth-order valence-corrected chi connectivity index (χ4v) is 2.79. The number of hydrogen-bond donors (Lipinski definition) is 6. The minimum absolute atomic E-state index is 0.0693. The van der Waals surface area contributed by atoms with Gasteiger partial charge < -0.3 is 36.2 Å². The number of hydrogen-bond acceptors (Lipinski definition) is 10. The average molecular weight is 363 g/mol. The molecule has 2 aromatic heterocycles. The molecular formula is C10H15N6O7P. The SMILES string of the molecule is Nc1ncnc2c1nc(N)n2[C@@H]1O[C@H](CO[32P](=O)(O)O)[C@@H](O)[C@H]1O. The van der Waals surface area contributed by atoms with Gasteiger partial charge in [-0.1, -0.05) is 0 Å². The maximum absolute atomic E-state index is 10.8. The van der Waals surface area contributed by atoms with Gasteiger partial charge in [0.15, 0.2) is 23.2 Å². The summed E-state index contributed by atoms with van der Waals surface area (Å²) >= 11 is 0. The van der Waals surface area contributed by atoms with Crippen LogP contribution >= 0.6 is 7.82 Å². The number of nitrogens with zero attached hydrogens (tertiary/aromatic N) is 4. The van der Waals surface area contributed by atoms with Gasteiger partial charge in [-0.3, -0.25) is 9.09 Å². The molecule has 0 bridgehead atoms. The Morgan fingerprint density at radius 3 is 2.67 bits per heavy atom. The van der Waals surface area contributed by atoms with Crippen LogP contribution in [0.4, 0.5) is 11.8 Å². The lowest BCUT2D eigenvalue weighted by Gasteiger charge is -2.17. The fraction of sp³-hybridized carbons (Fsp3) is 0.500. The van der Waals surface area contributed by atoms with Gasteiger partial charge in [-0.2, -0.15) is 0 Å². The minimum atomic E-state index is -4.75. The van der Waals surface area contributed by atoms with Gasteiger partial charge in [-0.05, 0) is 0 Å². The lowest BCUT2D eigenvalue weighted by atomic mass is 10.1. The molecule has 0 aliphatic carbocycles. The monoisotopic (exact) mass is 363 g/mol. The van der Waals surface area contributed by atoms with Crippen molar-refractivity contribution in [3.63, 3.8) is 0 Å². The molecule has 0 saturated carbocycles. The van der Waals surface area contributed by atoms with E-state index in [0.717, 1.165) is 0 Å². The Morgan fingerprint density at radius 1 is 1.29 bits per heavy atom. The molecule has 14 heteroatoms. The van der Waals surface area contributed by atoms with Crippen molar-refractivity contribution in [3.8, 4) is 0 Å². The van der Waals surface area contributed by atoms with E-state index in [2.05, 4.69) is 19.5 Å². The van der Waals surface area contributed by atoms with Gasteiger partial charge in [0.2, 0.25) is 5.95 Å². The third kappa shape index (κ3) is 2.93. The van der Waals surface area contributed by atoms with Gasteiger partial charge >= 0.3 is 7.82 Å². The number of aliphatic hydroxyl groups is 2. The molecule has 1 aliphatic rings. The van der Waals surface area contributed by atoms with E-state index in [1.54, 1.807) is 0 Å². The average Bonchev–Trinajstić information content (AvgIpc) is 2.96. The van der Waals surface area contributed by atoms with Crippen LogP contribution in [0.1, 0.15) is 6.23 Å². The van der Waals surface area contributed by atoms with E-state index in [1.165, 1.54) is 10.9 Å². The first kappa shape index (κ1) is 17.0. The zero-order chi connectivity index (χ0) is 17.6. The molecule has 0 unspecified atom stereocenters. The molecule has 8 N–H and O–H groups in total. The van der Waals surface area contributed by atoms with E-state index in [9.17, 15) is 14.8 Å². The molecule has 1 aliphatic heterocycles. The number of anilines is 2. The highest BCUT2D eigenvalue weighted by Gasteiger charge is 2.45. The van der Waals surface area contributed by atoms with Crippen molar-refractivity contribution in [3.05, 3.63) is 6.33 Å². The number of ether oxygens (including phenoxy) is 1. The third-order valence-corrected chi connectivity index (χ3v) is 4.02. The summed E-state index contributed by atoms with van der Waals surface area (Å²) in [5.41, 5.74) is 11.8. The van der Waals surface area contributed by atoms with Crippen LogP contribution in [0.2, 0.25) is 0 Å². The highest BCUT2D eigenvalue weighted by Crippen LogP contribution is 2.39. The summed E-state index contributed by atoms with van der Waals surface area (Å²) in [6.45, 7) is -0.636. The number of aromatic nitrogens is 4. The van der Waals surface area contributed by atoms with Crippen LogP contribution in [0.15, 0.2) is 6.33 Å². The number of phosphoric acid groups is 1. The van der Waals surface area contributed by atoms with E-state index in [4.69, 9.17) is 26.0 Å². The van der Waals surface area contributed by atoms with Gasteiger partial charge in [0, 0.05) is 0 Å². The van der Waals surface area contributed by atoms with Crippen molar-refractivity contribution in [2.75, 3.05) is 18.1 Å². The van der Waals surface area contributed by atoms with Crippen molar-refractivity contribution >= 4 is 30.8 Å². The van der Waals surface area contributed by atoms with Crippen LogP contribution in [0, 0.1) is 0 Å². The van der Waals surface area contributed by atoms with Crippen molar-refractivity contribution in [1.82, 2.24) is 19.5 Å². The molecule has 3 heterocycles. The van der Waals surface area contributed by atoms with Crippen molar-refractivity contribution in [1.29, 1.82) is 0 Å². The molecule has 24 heavy (non-hydrogen) atoms. The van der Waals surface area contributed by atoms with Gasteiger partial charge in [0.05, 0.1) is 6.61 Å². The molecule has 132 valence electrons. The van der Waals surface area contributed by atoms with Crippen LogP contribution in [0.25, 0.3) is 11.2 Å². The molecule has 13 nitrogen and oxygen atoms in total. The van der Waals surface area contributed by atoms with Gasteiger partial charge in [-0.15, -0.1) is 0 Å². The summed E-state index contributed by atoms with van der Waals surface area (Å²) in [4.78, 5) is 29.2. The molecule has 0 aromatic carbocycles. The molecule has 3 rings (SSSR count). The summed E-state index contributed by atoms with van der Waals surface area (Å²) in [5.74, 6) is -0.0233. The summed E-state index contributed by atoms with van der Waals surface area (Å²) in [6, 6.07) is 0. The van der Waals surface area contributed by atoms with Gasteiger partial charge in [0.25, 0.3) is 0 Å². The fourth-order valence-electron chi connectivity index (χ4n) is 2.44. The van der Waals surface area contributed by atoms with Crippen LogP contribution in [0.5, 0.6) is 0 Å². The van der Waals surface area contributed by atoms with Crippen LogP contribution in [0.3, 0.4) is 0 Å².